The van der Waals surface area contributed by atoms with Crippen molar-refractivity contribution >= 4 is 28.7 Å². The normalized spacial score (nSPS) is 20.6. The van der Waals surface area contributed by atoms with E-state index < -0.39 is 0 Å². The van der Waals surface area contributed by atoms with Gasteiger partial charge in [0.1, 0.15) is 0 Å². The summed E-state index contributed by atoms with van der Waals surface area (Å²) in [5.41, 5.74) is 0.324. The Hall–Kier alpha value is -1.89. The van der Waals surface area contributed by atoms with Crippen molar-refractivity contribution in [2.45, 2.75) is 57.3 Å². The lowest BCUT2D eigenvalue weighted by Gasteiger charge is -2.29. The molecule has 2 aromatic rings. The fourth-order valence-electron chi connectivity index (χ4n) is 3.33. The van der Waals surface area contributed by atoms with E-state index in [-0.39, 0.29) is 23.3 Å². The van der Waals surface area contributed by atoms with E-state index in [1.165, 1.54) is 31.0 Å². The topological polar surface area (TPSA) is 76.9 Å². The minimum atomic E-state index is -0.107. The minimum absolute atomic E-state index is 0.00164. The van der Waals surface area contributed by atoms with Crippen LogP contribution >= 0.6 is 11.8 Å². The molecule has 3 rings (SSSR count). The van der Waals surface area contributed by atoms with E-state index in [2.05, 4.69) is 22.2 Å². The third-order valence-electron chi connectivity index (χ3n) is 4.80. The van der Waals surface area contributed by atoms with Crippen LogP contribution in [0, 0.1) is 5.92 Å². The molecule has 25 heavy (non-hydrogen) atoms. The Labute approximate surface area is 151 Å². The van der Waals surface area contributed by atoms with E-state index in [1.54, 1.807) is 22.9 Å². The summed E-state index contributed by atoms with van der Waals surface area (Å²) in [6.07, 6.45) is 6.27. The lowest BCUT2D eigenvalue weighted by Crippen LogP contribution is -2.41. The van der Waals surface area contributed by atoms with Gasteiger partial charge in [0.05, 0.1) is 11.1 Å². The second kappa shape index (κ2) is 7.99. The van der Waals surface area contributed by atoms with Crippen LogP contribution in [0.1, 0.15) is 39.5 Å². The van der Waals surface area contributed by atoms with Crippen LogP contribution in [-0.4, -0.2) is 32.2 Å². The number of carbonyl (C=O) groups is 1. The van der Waals surface area contributed by atoms with Crippen molar-refractivity contribution < 1.29 is 4.79 Å². The van der Waals surface area contributed by atoms with Gasteiger partial charge in [-0.3, -0.25) is 14.2 Å². The molecule has 0 unspecified atom stereocenters. The lowest BCUT2D eigenvalue weighted by molar-refractivity contribution is -0.119. The van der Waals surface area contributed by atoms with Gasteiger partial charge in [0.2, 0.25) is 5.91 Å². The number of thioether (sulfide) groups is 1. The molecular weight excluding hydrogens is 336 g/mol. The van der Waals surface area contributed by atoms with Crippen molar-refractivity contribution in [3.63, 3.8) is 0 Å². The van der Waals surface area contributed by atoms with E-state index in [0.29, 0.717) is 28.7 Å². The summed E-state index contributed by atoms with van der Waals surface area (Å²) in [6.45, 7) is 4.61. The molecule has 1 N–H and O–H groups in total. The Balaban J connectivity index is 1.72. The summed E-state index contributed by atoms with van der Waals surface area (Å²) in [5, 5.41) is 4.19. The number of carbonyl (C=O) groups excluding carboxylic acids is 1. The first-order valence-electron chi connectivity index (χ1n) is 8.88. The van der Waals surface area contributed by atoms with E-state index in [1.807, 2.05) is 6.92 Å². The highest BCUT2D eigenvalue weighted by Crippen LogP contribution is 2.24. The van der Waals surface area contributed by atoms with E-state index >= 15 is 0 Å². The quantitative estimate of drug-likeness (QED) is 0.655. The van der Waals surface area contributed by atoms with Crippen molar-refractivity contribution in [2.24, 2.45) is 5.92 Å². The van der Waals surface area contributed by atoms with Crippen molar-refractivity contribution in [3.8, 4) is 0 Å². The SMILES string of the molecule is CCn1c(SCC(=O)N[C@H]2CCCC[C@H]2C)nc2ncccc2c1=O. The van der Waals surface area contributed by atoms with Gasteiger partial charge in [0.15, 0.2) is 10.8 Å². The summed E-state index contributed by atoms with van der Waals surface area (Å²) in [6, 6.07) is 3.73. The zero-order chi connectivity index (χ0) is 17.8. The molecule has 1 aliphatic carbocycles. The van der Waals surface area contributed by atoms with Gasteiger partial charge >= 0.3 is 0 Å². The molecule has 0 aromatic carbocycles. The Morgan fingerprint density at radius 3 is 2.96 bits per heavy atom. The number of amides is 1. The Kier molecular flexibility index (Phi) is 5.73. The number of nitrogens with zero attached hydrogens (tertiary/aromatic N) is 3. The first-order valence-corrected chi connectivity index (χ1v) is 9.86. The molecular formula is C18H24N4O2S. The van der Waals surface area contributed by atoms with Crippen LogP contribution in [0.2, 0.25) is 0 Å². The summed E-state index contributed by atoms with van der Waals surface area (Å²) in [7, 11) is 0. The van der Waals surface area contributed by atoms with Gasteiger partial charge < -0.3 is 5.32 Å². The standard InChI is InChI=1S/C18H24N4O2S/c1-3-22-17(24)13-8-6-10-19-16(13)21-18(22)25-11-15(23)20-14-9-5-4-7-12(14)2/h6,8,10,12,14H,3-5,7,9,11H2,1-2H3,(H,20,23)/t12-,14+/m1/s1. The van der Waals surface area contributed by atoms with Crippen LogP contribution in [0.5, 0.6) is 0 Å². The molecule has 1 fully saturated rings. The van der Waals surface area contributed by atoms with Gasteiger partial charge in [-0.05, 0) is 37.8 Å². The summed E-state index contributed by atoms with van der Waals surface area (Å²) in [5.74, 6) is 0.787. The number of aromatic nitrogens is 3. The van der Waals surface area contributed by atoms with Gasteiger partial charge in [-0.25, -0.2) is 9.97 Å². The second-order valence-electron chi connectivity index (χ2n) is 6.54. The second-order valence-corrected chi connectivity index (χ2v) is 7.49. The molecule has 0 spiro atoms. The maximum Gasteiger partial charge on any atom is 0.263 e. The van der Waals surface area contributed by atoms with Gasteiger partial charge in [-0.2, -0.15) is 0 Å². The molecule has 0 aliphatic heterocycles. The van der Waals surface area contributed by atoms with Crippen molar-refractivity contribution in [1.82, 2.24) is 19.9 Å². The third kappa shape index (κ3) is 4.03. The highest BCUT2D eigenvalue weighted by Gasteiger charge is 2.23. The summed E-state index contributed by atoms with van der Waals surface area (Å²) < 4.78 is 1.60. The number of nitrogens with one attached hydrogen (secondary N) is 1. The van der Waals surface area contributed by atoms with Crippen LogP contribution in [0.15, 0.2) is 28.3 Å². The van der Waals surface area contributed by atoms with Crippen LogP contribution < -0.4 is 10.9 Å². The maximum absolute atomic E-state index is 12.6. The van der Waals surface area contributed by atoms with Gasteiger partial charge in [-0.1, -0.05) is 31.5 Å². The number of rotatable bonds is 5. The number of fused-ring (bicyclic) bond motifs is 1. The molecule has 2 atom stereocenters. The van der Waals surface area contributed by atoms with Crippen LogP contribution in [-0.2, 0) is 11.3 Å². The molecule has 6 nitrogen and oxygen atoms in total. The predicted octanol–water partition coefficient (Wildman–Crippen LogP) is 2.60. The molecule has 7 heteroatoms. The van der Waals surface area contributed by atoms with Crippen molar-refractivity contribution in [3.05, 3.63) is 28.7 Å². The van der Waals surface area contributed by atoms with Crippen molar-refractivity contribution in [2.75, 3.05) is 5.75 Å². The summed E-state index contributed by atoms with van der Waals surface area (Å²) in [4.78, 5) is 33.5. The fraction of sp³-hybridized carbons (Fsp3) is 0.556. The number of hydrogen-bond donors (Lipinski definition) is 1. The van der Waals surface area contributed by atoms with E-state index in [4.69, 9.17) is 0 Å². The fourth-order valence-corrected chi connectivity index (χ4v) is 4.20. The Bertz CT molecular complexity index is 820. The van der Waals surface area contributed by atoms with Crippen LogP contribution in [0.4, 0.5) is 0 Å². The lowest BCUT2D eigenvalue weighted by atomic mass is 9.86. The van der Waals surface area contributed by atoms with Crippen LogP contribution in [0.3, 0.4) is 0 Å². The molecule has 0 bridgehead atoms. The highest BCUT2D eigenvalue weighted by molar-refractivity contribution is 7.99. The highest BCUT2D eigenvalue weighted by atomic mass is 32.2. The Morgan fingerprint density at radius 2 is 2.20 bits per heavy atom. The average Bonchev–Trinajstić information content (AvgIpc) is 2.62. The maximum atomic E-state index is 12.6. The molecule has 2 aromatic heterocycles. The number of pyridine rings is 1. The van der Waals surface area contributed by atoms with Crippen LogP contribution in [0.25, 0.3) is 11.0 Å². The molecule has 1 saturated carbocycles. The molecule has 0 radical (unpaired) electrons. The Morgan fingerprint density at radius 1 is 1.40 bits per heavy atom. The third-order valence-corrected chi connectivity index (χ3v) is 5.78. The van der Waals surface area contributed by atoms with Crippen molar-refractivity contribution in [1.29, 1.82) is 0 Å². The minimum Gasteiger partial charge on any atom is -0.352 e. The molecule has 0 saturated heterocycles. The number of hydrogen-bond acceptors (Lipinski definition) is 5. The first-order chi connectivity index (χ1) is 12.1. The predicted molar refractivity (Wildman–Crippen MR) is 99.8 cm³/mol. The largest absolute Gasteiger partial charge is 0.352 e. The molecule has 1 aliphatic rings. The smallest absolute Gasteiger partial charge is 0.263 e. The van der Waals surface area contributed by atoms with Gasteiger partial charge in [-0.15, -0.1) is 0 Å². The first kappa shape index (κ1) is 17.9. The summed E-state index contributed by atoms with van der Waals surface area (Å²) >= 11 is 1.30. The molecule has 134 valence electrons. The van der Waals surface area contributed by atoms with Gasteiger partial charge in [0, 0.05) is 18.8 Å². The zero-order valence-electron chi connectivity index (χ0n) is 14.7. The molecule has 1 amide bonds. The van der Waals surface area contributed by atoms with E-state index in [9.17, 15) is 9.59 Å². The average molecular weight is 360 g/mol. The zero-order valence-corrected chi connectivity index (χ0v) is 15.5. The monoisotopic (exact) mass is 360 g/mol. The molecule has 2 heterocycles. The van der Waals surface area contributed by atoms with Gasteiger partial charge in [0.25, 0.3) is 5.56 Å². The van der Waals surface area contributed by atoms with E-state index in [0.717, 1.165) is 6.42 Å².